The maximum absolute atomic E-state index is 13.2. The number of piperidine rings is 1. The average molecular weight is 332 g/mol. The number of carbonyl (C=O) groups is 2. The van der Waals surface area contributed by atoms with Crippen LogP contribution in [0.25, 0.3) is 0 Å². The summed E-state index contributed by atoms with van der Waals surface area (Å²) in [5.41, 5.74) is 0. The molecule has 0 aromatic heterocycles. The number of nitrogens with zero attached hydrogens (tertiary/aromatic N) is 1. The number of fused-ring (bicyclic) bond motifs is 1. The third-order valence-corrected chi connectivity index (χ3v) is 6.35. The summed E-state index contributed by atoms with van der Waals surface area (Å²) in [5.74, 6) is 1.58. The van der Waals surface area contributed by atoms with Gasteiger partial charge in [0.15, 0.2) is 0 Å². The van der Waals surface area contributed by atoms with Crippen molar-refractivity contribution in [3.8, 4) is 0 Å². The molecular weight excluding hydrogens is 300 g/mol. The third-order valence-electron chi connectivity index (χ3n) is 6.35. The van der Waals surface area contributed by atoms with Gasteiger partial charge in [-0.1, -0.05) is 38.7 Å². The second-order valence-electron chi connectivity index (χ2n) is 7.99. The van der Waals surface area contributed by atoms with Gasteiger partial charge in [-0.05, 0) is 50.0 Å². The highest BCUT2D eigenvalue weighted by Gasteiger charge is 2.41. The molecule has 2 amide bonds. The van der Waals surface area contributed by atoms with Crippen molar-refractivity contribution < 1.29 is 9.59 Å². The van der Waals surface area contributed by atoms with Crippen LogP contribution >= 0.6 is 0 Å². The number of amides is 2. The van der Waals surface area contributed by atoms with Crippen molar-refractivity contribution in [1.82, 2.24) is 10.2 Å². The van der Waals surface area contributed by atoms with Crippen LogP contribution < -0.4 is 5.32 Å². The fourth-order valence-electron chi connectivity index (χ4n) is 5.09. The fourth-order valence-corrected chi connectivity index (χ4v) is 5.09. The number of nitrogens with one attached hydrogen (secondary N) is 1. The number of hydrogen-bond donors (Lipinski definition) is 1. The molecule has 4 heteroatoms. The monoisotopic (exact) mass is 332 g/mol. The minimum absolute atomic E-state index is 0.106. The van der Waals surface area contributed by atoms with Crippen LogP contribution in [0.3, 0.4) is 0 Å². The molecule has 3 fully saturated rings. The molecule has 24 heavy (non-hydrogen) atoms. The summed E-state index contributed by atoms with van der Waals surface area (Å²) >= 11 is 0. The van der Waals surface area contributed by atoms with E-state index in [0.29, 0.717) is 30.3 Å². The average Bonchev–Trinajstić information content (AvgIpc) is 2.65. The minimum atomic E-state index is -0.106. The quantitative estimate of drug-likeness (QED) is 0.803. The first kappa shape index (κ1) is 17.5. The number of hydrogen-bond acceptors (Lipinski definition) is 2. The lowest BCUT2D eigenvalue weighted by Crippen LogP contribution is -2.55. The van der Waals surface area contributed by atoms with Crippen LogP contribution in [0.2, 0.25) is 0 Å². The number of carbonyl (C=O) groups excluding carboxylic acids is 2. The normalized spacial score (nSPS) is 31.2. The molecule has 134 valence electrons. The summed E-state index contributed by atoms with van der Waals surface area (Å²) in [6.07, 6.45) is 13.3. The second kappa shape index (κ2) is 8.17. The fraction of sp³-hybridized carbons (Fsp3) is 0.800. The molecule has 1 heterocycles. The Morgan fingerprint density at radius 1 is 1.04 bits per heavy atom. The van der Waals surface area contributed by atoms with Gasteiger partial charge in [0.2, 0.25) is 11.8 Å². The molecule has 1 N–H and O–H groups in total. The van der Waals surface area contributed by atoms with E-state index in [2.05, 4.69) is 16.8 Å². The van der Waals surface area contributed by atoms with Gasteiger partial charge >= 0.3 is 0 Å². The summed E-state index contributed by atoms with van der Waals surface area (Å²) in [6.45, 7) is 5.01. The topological polar surface area (TPSA) is 49.4 Å². The van der Waals surface area contributed by atoms with Gasteiger partial charge in [-0.3, -0.25) is 9.59 Å². The minimum Gasteiger partial charge on any atom is -0.352 e. The lowest BCUT2D eigenvalue weighted by atomic mass is 9.74. The van der Waals surface area contributed by atoms with Gasteiger partial charge in [0.05, 0.1) is 0 Å². The zero-order chi connectivity index (χ0) is 16.9. The second-order valence-corrected chi connectivity index (χ2v) is 7.99. The molecule has 3 rings (SSSR count). The van der Waals surface area contributed by atoms with Crippen LogP contribution in [-0.4, -0.2) is 35.8 Å². The van der Waals surface area contributed by atoms with Gasteiger partial charge in [0, 0.05) is 25.0 Å². The van der Waals surface area contributed by atoms with E-state index in [-0.39, 0.29) is 11.8 Å². The van der Waals surface area contributed by atoms with Crippen molar-refractivity contribution in [2.24, 2.45) is 17.8 Å². The van der Waals surface area contributed by atoms with E-state index in [0.717, 1.165) is 25.8 Å². The first-order chi connectivity index (χ1) is 11.7. The molecule has 0 aromatic carbocycles. The Morgan fingerprint density at radius 2 is 1.75 bits per heavy atom. The van der Waals surface area contributed by atoms with Crippen LogP contribution in [0.1, 0.15) is 64.2 Å². The van der Waals surface area contributed by atoms with Crippen LogP contribution in [0.15, 0.2) is 12.7 Å². The molecule has 0 bridgehead atoms. The third kappa shape index (κ3) is 4.01. The van der Waals surface area contributed by atoms with Crippen LogP contribution in [0.5, 0.6) is 0 Å². The predicted octanol–water partition coefficient (Wildman–Crippen LogP) is 3.28. The predicted molar refractivity (Wildman–Crippen MR) is 95.3 cm³/mol. The maximum Gasteiger partial charge on any atom is 0.243 e. The molecule has 1 aliphatic heterocycles. The van der Waals surface area contributed by atoms with Gasteiger partial charge < -0.3 is 10.2 Å². The molecule has 1 saturated heterocycles. The molecule has 2 saturated carbocycles. The van der Waals surface area contributed by atoms with Crippen molar-refractivity contribution in [2.45, 2.75) is 70.3 Å². The van der Waals surface area contributed by atoms with E-state index in [4.69, 9.17) is 0 Å². The summed E-state index contributed by atoms with van der Waals surface area (Å²) < 4.78 is 0. The van der Waals surface area contributed by atoms with Crippen molar-refractivity contribution in [2.75, 3.05) is 13.1 Å². The molecule has 2 aliphatic carbocycles. The van der Waals surface area contributed by atoms with Gasteiger partial charge in [-0.2, -0.15) is 0 Å². The van der Waals surface area contributed by atoms with Gasteiger partial charge in [0.25, 0.3) is 0 Å². The summed E-state index contributed by atoms with van der Waals surface area (Å²) in [5, 5.41) is 2.94. The summed E-state index contributed by atoms with van der Waals surface area (Å²) in [6, 6.07) is 0.458. The smallest absolute Gasteiger partial charge is 0.243 e. The standard InChI is InChI=1S/C20H32N2O2/c1-2-19(23)21-13-15-12-17-10-6-7-11-18(17)22(14-15)20(24)16-8-4-3-5-9-16/h2,15-18H,1,3-14H2,(H,21,23). The van der Waals surface area contributed by atoms with E-state index < -0.39 is 0 Å². The Bertz CT molecular complexity index is 470. The molecule has 3 aliphatic rings. The largest absolute Gasteiger partial charge is 0.352 e. The lowest BCUT2D eigenvalue weighted by Gasteiger charge is -2.48. The summed E-state index contributed by atoms with van der Waals surface area (Å²) in [4.78, 5) is 26.9. The zero-order valence-corrected chi connectivity index (χ0v) is 14.8. The van der Waals surface area contributed by atoms with Crippen LogP contribution in [-0.2, 0) is 9.59 Å². The first-order valence-electron chi connectivity index (χ1n) is 9.89. The van der Waals surface area contributed by atoms with Crippen molar-refractivity contribution in [3.63, 3.8) is 0 Å². The zero-order valence-electron chi connectivity index (χ0n) is 14.8. The Morgan fingerprint density at radius 3 is 2.50 bits per heavy atom. The highest BCUT2D eigenvalue weighted by atomic mass is 16.2. The first-order valence-corrected chi connectivity index (χ1v) is 9.89. The van der Waals surface area contributed by atoms with Crippen molar-refractivity contribution in [3.05, 3.63) is 12.7 Å². The molecule has 4 nitrogen and oxygen atoms in total. The van der Waals surface area contributed by atoms with Gasteiger partial charge in [-0.25, -0.2) is 0 Å². The molecule has 0 spiro atoms. The van der Waals surface area contributed by atoms with Crippen LogP contribution in [0, 0.1) is 17.8 Å². The Kier molecular flexibility index (Phi) is 5.96. The SMILES string of the molecule is C=CC(=O)NCC1CC2CCCCC2N(C(=O)C2CCCCC2)C1. The Labute approximate surface area is 146 Å². The number of likely N-dealkylation sites (tertiary alicyclic amines) is 1. The Hall–Kier alpha value is -1.32. The van der Waals surface area contributed by atoms with Gasteiger partial charge in [0.1, 0.15) is 0 Å². The Balaban J connectivity index is 1.67. The van der Waals surface area contributed by atoms with E-state index in [9.17, 15) is 9.59 Å². The summed E-state index contributed by atoms with van der Waals surface area (Å²) in [7, 11) is 0. The van der Waals surface area contributed by atoms with Crippen molar-refractivity contribution >= 4 is 11.8 Å². The van der Waals surface area contributed by atoms with E-state index >= 15 is 0 Å². The van der Waals surface area contributed by atoms with E-state index in [1.165, 1.54) is 51.0 Å². The lowest BCUT2D eigenvalue weighted by molar-refractivity contribution is -0.144. The molecule has 3 unspecified atom stereocenters. The van der Waals surface area contributed by atoms with E-state index in [1.54, 1.807) is 0 Å². The van der Waals surface area contributed by atoms with Gasteiger partial charge in [-0.15, -0.1) is 0 Å². The molecule has 0 radical (unpaired) electrons. The molecule has 0 aromatic rings. The highest BCUT2D eigenvalue weighted by Crippen LogP contribution is 2.39. The molecule has 3 atom stereocenters. The molecular formula is C20H32N2O2. The maximum atomic E-state index is 13.2. The van der Waals surface area contributed by atoms with E-state index in [1.807, 2.05) is 0 Å². The van der Waals surface area contributed by atoms with Crippen molar-refractivity contribution in [1.29, 1.82) is 0 Å². The highest BCUT2D eigenvalue weighted by molar-refractivity contribution is 5.86. The number of rotatable bonds is 4. The van der Waals surface area contributed by atoms with Crippen LogP contribution in [0.4, 0.5) is 0 Å².